The number of rotatable bonds is 2. The zero-order valence-electron chi connectivity index (χ0n) is 5.77. The van der Waals surface area contributed by atoms with E-state index in [1.807, 2.05) is 30.3 Å². The fraction of sp³-hybridized carbons (Fsp3) is 0.125. The van der Waals surface area contributed by atoms with Gasteiger partial charge < -0.3 is 4.79 Å². The highest BCUT2D eigenvalue weighted by molar-refractivity contribution is 8.00. The molecule has 11 heavy (non-hydrogen) atoms. The van der Waals surface area contributed by atoms with Gasteiger partial charge in [-0.25, -0.2) is 0 Å². The number of benzene rings is 1. The highest BCUT2D eigenvalue weighted by atomic mass is 32.2. The number of aldehydes is 1. The number of hydrogen-bond acceptors (Lipinski definition) is 3. The molecule has 1 rings (SSSR count). The van der Waals surface area contributed by atoms with Gasteiger partial charge in [-0.15, -0.1) is 25.3 Å². The SMILES string of the molecule is O=CC(S)(S)c1ccccc1. The monoisotopic (exact) mass is 184 g/mol. The van der Waals surface area contributed by atoms with Gasteiger partial charge in [0, 0.05) is 0 Å². The van der Waals surface area contributed by atoms with Crippen molar-refractivity contribution < 1.29 is 4.79 Å². The number of thiol groups is 2. The molecule has 3 heteroatoms. The van der Waals surface area contributed by atoms with Crippen LogP contribution < -0.4 is 0 Å². The summed E-state index contributed by atoms with van der Waals surface area (Å²) in [6.07, 6.45) is 0.703. The lowest BCUT2D eigenvalue weighted by atomic mass is 10.1. The molecule has 1 nitrogen and oxygen atoms in total. The van der Waals surface area contributed by atoms with Gasteiger partial charge >= 0.3 is 0 Å². The Morgan fingerprint density at radius 2 is 1.73 bits per heavy atom. The second-order valence-corrected chi connectivity index (χ2v) is 3.97. The molecule has 0 aliphatic rings. The zero-order chi connectivity index (χ0) is 8.32. The molecule has 58 valence electrons. The van der Waals surface area contributed by atoms with Crippen molar-refractivity contribution in [2.75, 3.05) is 0 Å². The number of carbonyl (C=O) groups is 1. The largest absolute Gasteiger partial charge is 0.300 e. The first-order valence-electron chi connectivity index (χ1n) is 3.13. The molecule has 1 aromatic carbocycles. The average Bonchev–Trinajstić information content (AvgIpc) is 2.06. The van der Waals surface area contributed by atoms with E-state index in [0.29, 0.717) is 6.29 Å². The van der Waals surface area contributed by atoms with Crippen LogP contribution in [-0.4, -0.2) is 6.29 Å². The van der Waals surface area contributed by atoms with Crippen LogP contribution in [0.2, 0.25) is 0 Å². The van der Waals surface area contributed by atoms with E-state index in [9.17, 15) is 4.79 Å². The van der Waals surface area contributed by atoms with Crippen LogP contribution in [0.1, 0.15) is 5.56 Å². The standard InChI is InChI=1S/C8H8OS2/c9-6-8(10,11)7-4-2-1-3-5-7/h1-6,10-11H. The fourth-order valence-corrected chi connectivity index (χ4v) is 1.05. The molecule has 0 bridgehead atoms. The van der Waals surface area contributed by atoms with Gasteiger partial charge in [0.25, 0.3) is 0 Å². The minimum absolute atomic E-state index is 0.703. The lowest BCUT2D eigenvalue weighted by Gasteiger charge is -2.14. The summed E-state index contributed by atoms with van der Waals surface area (Å²) in [6.45, 7) is 0. The summed E-state index contributed by atoms with van der Waals surface area (Å²) in [7, 11) is 0. The first-order chi connectivity index (χ1) is 5.17. The van der Waals surface area contributed by atoms with Gasteiger partial charge in [0.15, 0.2) is 0 Å². The maximum atomic E-state index is 10.5. The second kappa shape index (κ2) is 3.32. The van der Waals surface area contributed by atoms with E-state index in [0.717, 1.165) is 5.56 Å². The van der Waals surface area contributed by atoms with Crippen molar-refractivity contribution in [2.45, 2.75) is 4.08 Å². The van der Waals surface area contributed by atoms with E-state index in [1.54, 1.807) is 0 Å². The molecule has 0 spiro atoms. The third-order valence-electron chi connectivity index (χ3n) is 1.36. The Morgan fingerprint density at radius 3 is 2.18 bits per heavy atom. The summed E-state index contributed by atoms with van der Waals surface area (Å²) >= 11 is 8.14. The van der Waals surface area contributed by atoms with Gasteiger partial charge in [-0.05, 0) is 5.56 Å². The molecule has 0 aromatic heterocycles. The Morgan fingerprint density at radius 1 is 1.18 bits per heavy atom. The summed E-state index contributed by atoms with van der Waals surface area (Å²) < 4.78 is -0.957. The summed E-state index contributed by atoms with van der Waals surface area (Å²) in [4.78, 5) is 10.5. The molecule has 0 saturated carbocycles. The minimum Gasteiger partial charge on any atom is -0.300 e. The molecule has 0 unspecified atom stereocenters. The quantitative estimate of drug-likeness (QED) is 0.408. The van der Waals surface area contributed by atoms with Gasteiger partial charge in [0.05, 0.1) is 0 Å². The van der Waals surface area contributed by atoms with Crippen LogP contribution in [0.3, 0.4) is 0 Å². The van der Waals surface area contributed by atoms with Crippen LogP contribution >= 0.6 is 25.3 Å². The van der Waals surface area contributed by atoms with Crippen LogP contribution in [0.15, 0.2) is 30.3 Å². The van der Waals surface area contributed by atoms with Crippen LogP contribution in [0.4, 0.5) is 0 Å². The lowest BCUT2D eigenvalue weighted by molar-refractivity contribution is -0.108. The highest BCUT2D eigenvalue weighted by Crippen LogP contribution is 2.29. The van der Waals surface area contributed by atoms with Gasteiger partial charge in [-0.1, -0.05) is 30.3 Å². The third-order valence-corrected chi connectivity index (χ3v) is 2.09. The van der Waals surface area contributed by atoms with Gasteiger partial charge in [-0.3, -0.25) is 0 Å². The van der Waals surface area contributed by atoms with Crippen molar-refractivity contribution in [1.29, 1.82) is 0 Å². The van der Waals surface area contributed by atoms with Crippen molar-refractivity contribution >= 4 is 31.5 Å². The zero-order valence-corrected chi connectivity index (χ0v) is 7.56. The first-order valence-corrected chi connectivity index (χ1v) is 4.03. The molecular formula is C8H8OS2. The van der Waals surface area contributed by atoms with Gasteiger partial charge in [0.2, 0.25) is 0 Å². The van der Waals surface area contributed by atoms with E-state index in [4.69, 9.17) is 0 Å². The van der Waals surface area contributed by atoms with Crippen molar-refractivity contribution in [3.05, 3.63) is 35.9 Å². The van der Waals surface area contributed by atoms with Crippen molar-refractivity contribution in [2.24, 2.45) is 0 Å². The molecule has 1 aromatic rings. The molecule has 0 fully saturated rings. The molecule has 0 N–H and O–H groups in total. The topological polar surface area (TPSA) is 17.1 Å². The smallest absolute Gasteiger partial charge is 0.150 e. The predicted molar refractivity (Wildman–Crippen MR) is 52.2 cm³/mol. The normalized spacial score (nSPS) is 11.1. The van der Waals surface area contributed by atoms with Crippen molar-refractivity contribution in [3.8, 4) is 0 Å². The summed E-state index contributed by atoms with van der Waals surface area (Å²) in [5.74, 6) is 0. The Hall–Kier alpha value is -0.410. The molecule has 0 radical (unpaired) electrons. The maximum absolute atomic E-state index is 10.5. The van der Waals surface area contributed by atoms with Crippen molar-refractivity contribution in [1.82, 2.24) is 0 Å². The molecule has 0 aliphatic carbocycles. The molecule has 0 aliphatic heterocycles. The molecule has 0 saturated heterocycles. The number of carbonyl (C=O) groups excluding carboxylic acids is 1. The van der Waals surface area contributed by atoms with Crippen molar-refractivity contribution in [3.63, 3.8) is 0 Å². The fourth-order valence-electron chi connectivity index (χ4n) is 0.751. The van der Waals surface area contributed by atoms with Gasteiger partial charge in [0.1, 0.15) is 10.4 Å². The summed E-state index contributed by atoms with van der Waals surface area (Å²) in [6, 6.07) is 9.20. The number of hydrogen-bond donors (Lipinski definition) is 2. The van der Waals surface area contributed by atoms with Crippen LogP contribution in [0, 0.1) is 0 Å². The van der Waals surface area contributed by atoms with E-state index in [2.05, 4.69) is 25.3 Å². The van der Waals surface area contributed by atoms with E-state index < -0.39 is 4.08 Å². The second-order valence-electron chi connectivity index (χ2n) is 2.21. The predicted octanol–water partition coefficient (Wildman–Crippen LogP) is 1.90. The third kappa shape index (κ3) is 2.01. The molecule has 0 heterocycles. The summed E-state index contributed by atoms with van der Waals surface area (Å²) in [5, 5.41) is 0. The molecule has 0 atom stereocenters. The average molecular weight is 184 g/mol. The highest BCUT2D eigenvalue weighted by Gasteiger charge is 2.20. The molecule has 0 amide bonds. The maximum Gasteiger partial charge on any atom is 0.150 e. The van der Waals surface area contributed by atoms with Gasteiger partial charge in [-0.2, -0.15) is 0 Å². The Labute approximate surface area is 76.6 Å². The minimum atomic E-state index is -0.957. The Balaban J connectivity index is 3.02. The Bertz CT molecular complexity index is 244. The summed E-state index contributed by atoms with van der Waals surface area (Å²) in [5.41, 5.74) is 0.793. The van der Waals surface area contributed by atoms with Crippen LogP contribution in [-0.2, 0) is 8.87 Å². The van der Waals surface area contributed by atoms with E-state index >= 15 is 0 Å². The van der Waals surface area contributed by atoms with Crippen LogP contribution in [0.5, 0.6) is 0 Å². The lowest BCUT2D eigenvalue weighted by Crippen LogP contribution is -2.11. The Kier molecular flexibility index (Phi) is 2.62. The van der Waals surface area contributed by atoms with E-state index in [-0.39, 0.29) is 0 Å². The van der Waals surface area contributed by atoms with E-state index in [1.165, 1.54) is 0 Å². The van der Waals surface area contributed by atoms with Crippen LogP contribution in [0.25, 0.3) is 0 Å². The molecular weight excluding hydrogens is 176 g/mol. The first kappa shape index (κ1) is 8.68.